The van der Waals surface area contributed by atoms with Gasteiger partial charge in [-0.15, -0.1) is 0 Å². The van der Waals surface area contributed by atoms with Crippen molar-refractivity contribution < 1.29 is 57.1 Å². The van der Waals surface area contributed by atoms with Gasteiger partial charge in [-0.25, -0.2) is 4.79 Å². The number of rotatable bonds is 30. The molecule has 16 heteroatoms. The van der Waals surface area contributed by atoms with Crippen LogP contribution in [-0.4, -0.2) is 132 Å². The van der Waals surface area contributed by atoms with Crippen LogP contribution in [0.3, 0.4) is 0 Å². The number of esters is 2. The Morgan fingerprint density at radius 3 is 2.13 bits per heavy atom. The van der Waals surface area contributed by atoms with Crippen molar-refractivity contribution in [3.05, 3.63) is 23.8 Å². The summed E-state index contributed by atoms with van der Waals surface area (Å²) >= 11 is 0. The molecule has 14 nitrogen and oxygen atoms in total. The number of cyclic esters (lactones) is 1. The number of amides is 2. The smallest absolute Gasteiger partial charge is 0.407 e. The highest BCUT2D eigenvalue weighted by Crippen LogP contribution is 2.45. The summed E-state index contributed by atoms with van der Waals surface area (Å²) in [6.07, 6.45) is 13.6. The van der Waals surface area contributed by atoms with E-state index in [9.17, 15) is 19.2 Å². The van der Waals surface area contributed by atoms with Gasteiger partial charge in [-0.1, -0.05) is 73.9 Å². The maximum Gasteiger partial charge on any atom is 0.407 e. The summed E-state index contributed by atoms with van der Waals surface area (Å²) in [5.74, 6) is 1.62. The number of hydrogen-bond acceptors (Lipinski definition) is 14. The molecule has 9 atom stereocenters. The molecule has 8 unspecified atom stereocenters. The van der Waals surface area contributed by atoms with Crippen LogP contribution in [0.2, 0.25) is 0 Å². The Balaban J connectivity index is 0.944. The highest BCUT2D eigenvalue weighted by Gasteiger charge is 2.42. The van der Waals surface area contributed by atoms with E-state index in [1.807, 2.05) is 35.4 Å². The average molecular weight is 899 g/mol. The van der Waals surface area contributed by atoms with Crippen LogP contribution < -0.4 is 10.6 Å². The third-order valence-electron chi connectivity index (χ3n) is 11.7. The number of unbranched alkanes of at least 4 members (excludes halogenated alkanes) is 1. The monoisotopic (exact) mass is 898 g/mol. The van der Waals surface area contributed by atoms with Crippen molar-refractivity contribution in [1.82, 2.24) is 10.6 Å². The Morgan fingerprint density at radius 2 is 1.49 bits per heavy atom. The van der Waals surface area contributed by atoms with Gasteiger partial charge in [-0.2, -0.15) is 0 Å². The maximum absolute atomic E-state index is 12.8. The zero-order valence-corrected chi connectivity index (χ0v) is 38.7. The van der Waals surface area contributed by atoms with Gasteiger partial charge in [-0.3, -0.25) is 14.4 Å². The molecular weight excluding hydrogens is 825 g/mol. The summed E-state index contributed by atoms with van der Waals surface area (Å²) in [7, 11) is 3.95. The van der Waals surface area contributed by atoms with E-state index < -0.39 is 12.2 Å². The van der Waals surface area contributed by atoms with Crippen molar-refractivity contribution in [3.63, 3.8) is 0 Å². The molecule has 2 aliphatic carbocycles. The van der Waals surface area contributed by atoms with E-state index in [0.717, 1.165) is 37.4 Å². The van der Waals surface area contributed by atoms with Gasteiger partial charge in [0.15, 0.2) is 0 Å². The Kier molecular flexibility index (Phi) is 25.2. The van der Waals surface area contributed by atoms with Crippen molar-refractivity contribution in [2.75, 3.05) is 84.9 Å². The van der Waals surface area contributed by atoms with Gasteiger partial charge in [-0.05, 0) is 68.3 Å². The average Bonchev–Trinajstić information content (AvgIpc) is 3.76. The molecule has 2 heterocycles. The predicted molar refractivity (Wildman–Crippen MR) is 237 cm³/mol. The van der Waals surface area contributed by atoms with Crippen molar-refractivity contribution in [1.29, 1.82) is 0 Å². The van der Waals surface area contributed by atoms with Gasteiger partial charge in [0.2, 0.25) is 5.91 Å². The Hall–Kier alpha value is -2.34. The second-order valence-electron chi connectivity index (χ2n) is 16.6. The molecule has 2 N–H and O–H groups in total. The SMILES string of the molecule is CCC(C)C(=O)OC1C[C@H](C)C=C2C=CC(C)C(CCC3CC(OC(=O)NCCOCCOCCOCCOCCOCCNC(=O)CCCCC4CCSS4)CC(=O)O3)C21. The van der Waals surface area contributed by atoms with Gasteiger partial charge in [0.1, 0.15) is 18.3 Å². The topological polar surface area (TPSA) is 166 Å². The molecule has 2 amide bonds. The first kappa shape index (κ1) is 51.3. The van der Waals surface area contributed by atoms with Crippen molar-refractivity contribution in [2.24, 2.45) is 29.6 Å². The third kappa shape index (κ3) is 20.4. The lowest BCUT2D eigenvalue weighted by Crippen LogP contribution is -2.42. The molecule has 348 valence electrons. The predicted octanol–water partition coefficient (Wildman–Crippen LogP) is 6.84. The van der Waals surface area contributed by atoms with Gasteiger partial charge in [0, 0.05) is 42.9 Å². The van der Waals surface area contributed by atoms with Crippen molar-refractivity contribution in [2.45, 2.75) is 122 Å². The molecule has 2 saturated heterocycles. The van der Waals surface area contributed by atoms with E-state index >= 15 is 0 Å². The quantitative estimate of drug-likeness (QED) is 0.0333. The van der Waals surface area contributed by atoms with Crippen LogP contribution in [0.25, 0.3) is 0 Å². The zero-order chi connectivity index (χ0) is 43.7. The summed E-state index contributed by atoms with van der Waals surface area (Å²) in [6, 6.07) is 0. The fourth-order valence-electron chi connectivity index (χ4n) is 8.12. The molecule has 4 aliphatic rings. The molecule has 0 spiro atoms. The van der Waals surface area contributed by atoms with Crippen LogP contribution in [0.4, 0.5) is 4.79 Å². The second kappa shape index (κ2) is 29.9. The largest absolute Gasteiger partial charge is 0.462 e. The number of carbonyl (C=O) groups is 4. The van der Waals surface area contributed by atoms with Crippen LogP contribution in [0, 0.1) is 29.6 Å². The minimum atomic E-state index is -0.593. The minimum absolute atomic E-state index is 0.0233. The Bertz CT molecular complexity index is 1360. The summed E-state index contributed by atoms with van der Waals surface area (Å²) < 4.78 is 45.1. The second-order valence-corrected chi connectivity index (χ2v) is 19.4. The molecule has 0 bridgehead atoms. The first-order valence-corrected chi connectivity index (χ1v) is 25.2. The lowest BCUT2D eigenvalue weighted by atomic mass is 9.65. The van der Waals surface area contributed by atoms with Gasteiger partial charge in [0.05, 0.1) is 78.4 Å². The standard InChI is InChI=1S/C45H74N2O12S2/c1-5-33(3)44(50)59-40-29-32(2)28-35-11-10-34(4)39(43(35)40)13-12-36-30-37(31-42(49)57-36)58-45(51)47-16-18-53-20-22-55-24-26-56-25-23-54-21-19-52-17-15-46-41(48)9-7-6-8-38-14-27-60-61-38/h10-11,28,32-34,36-40,43H,5-9,12-27,29-31H2,1-4H3,(H,46,48)(H,47,51)/t32-,33?,34?,36?,37?,38?,39?,40?,43?/m1/s1. The summed E-state index contributed by atoms with van der Waals surface area (Å²) in [6.45, 7) is 13.3. The number of alkyl carbamates (subject to hydrolysis) is 1. The van der Waals surface area contributed by atoms with Crippen LogP contribution >= 0.6 is 21.6 Å². The molecule has 0 aromatic rings. The Morgan fingerprint density at radius 1 is 0.836 bits per heavy atom. The minimum Gasteiger partial charge on any atom is -0.462 e. The normalized spacial score (nSPS) is 26.5. The zero-order valence-electron chi connectivity index (χ0n) is 37.1. The molecule has 0 aromatic heterocycles. The number of ether oxygens (including phenoxy) is 8. The van der Waals surface area contributed by atoms with Crippen LogP contribution in [0.5, 0.6) is 0 Å². The van der Waals surface area contributed by atoms with E-state index in [1.165, 1.54) is 24.2 Å². The number of nitrogens with one attached hydrogen (secondary N) is 2. The van der Waals surface area contributed by atoms with E-state index in [2.05, 4.69) is 42.7 Å². The fourth-order valence-corrected chi connectivity index (χ4v) is 11.1. The van der Waals surface area contributed by atoms with E-state index in [4.69, 9.17) is 37.9 Å². The molecule has 0 aromatic carbocycles. The van der Waals surface area contributed by atoms with Crippen LogP contribution in [0.15, 0.2) is 23.8 Å². The Labute approximate surface area is 372 Å². The van der Waals surface area contributed by atoms with Crippen LogP contribution in [0.1, 0.15) is 98.3 Å². The number of carbonyl (C=O) groups excluding carboxylic acids is 4. The molecule has 4 rings (SSSR count). The van der Waals surface area contributed by atoms with Gasteiger partial charge in [0.25, 0.3) is 0 Å². The summed E-state index contributed by atoms with van der Waals surface area (Å²) in [4.78, 5) is 49.9. The van der Waals surface area contributed by atoms with Crippen molar-refractivity contribution in [3.8, 4) is 0 Å². The molecular formula is C45H74N2O12S2. The van der Waals surface area contributed by atoms with Gasteiger partial charge < -0.3 is 48.5 Å². The van der Waals surface area contributed by atoms with E-state index in [1.54, 1.807) is 0 Å². The first-order valence-electron chi connectivity index (χ1n) is 22.8. The fraction of sp³-hybridized carbons (Fsp3) is 0.822. The van der Waals surface area contributed by atoms with E-state index in [-0.39, 0.29) is 73.3 Å². The summed E-state index contributed by atoms with van der Waals surface area (Å²) in [5.41, 5.74) is 1.23. The number of allylic oxidation sites excluding steroid dienone is 3. The molecule has 0 radical (unpaired) electrons. The maximum atomic E-state index is 12.8. The first-order chi connectivity index (χ1) is 29.6. The van der Waals surface area contributed by atoms with Gasteiger partial charge >= 0.3 is 18.0 Å². The highest BCUT2D eigenvalue weighted by atomic mass is 33.1. The van der Waals surface area contributed by atoms with E-state index in [0.29, 0.717) is 91.2 Å². The van der Waals surface area contributed by atoms with Crippen LogP contribution in [-0.2, 0) is 52.3 Å². The van der Waals surface area contributed by atoms with Crippen molar-refractivity contribution >= 4 is 45.5 Å². The lowest BCUT2D eigenvalue weighted by molar-refractivity contribution is -0.162. The number of fused-ring (bicyclic) bond motifs is 1. The third-order valence-corrected chi connectivity index (χ3v) is 14.7. The molecule has 0 saturated carbocycles. The molecule has 61 heavy (non-hydrogen) atoms. The summed E-state index contributed by atoms with van der Waals surface area (Å²) in [5, 5.41) is 6.38. The lowest BCUT2D eigenvalue weighted by Gasteiger charge is -2.43. The number of hydrogen-bond donors (Lipinski definition) is 2. The molecule has 2 fully saturated rings. The molecule has 2 aliphatic heterocycles. The highest BCUT2D eigenvalue weighted by molar-refractivity contribution is 8.77.